The minimum absolute atomic E-state index is 0.590. The van der Waals surface area contributed by atoms with E-state index in [9.17, 15) is 4.79 Å². The van der Waals surface area contributed by atoms with E-state index in [2.05, 4.69) is 27.8 Å². The van der Waals surface area contributed by atoms with Crippen LogP contribution in [0, 0.1) is 18.8 Å². The Balaban J connectivity index is 3.09. The molecule has 0 aliphatic carbocycles. The Hall–Kier alpha value is -1.07. The molecule has 0 aromatic heterocycles. The maximum absolute atomic E-state index is 9.97. The summed E-state index contributed by atoms with van der Waals surface area (Å²) in [6.07, 6.45) is 0.590. The van der Waals surface area contributed by atoms with Gasteiger partial charge in [0.2, 0.25) is 0 Å². The molecule has 0 bridgehead atoms. The van der Waals surface area contributed by atoms with Crippen LogP contribution in [0.1, 0.15) is 11.1 Å². The van der Waals surface area contributed by atoms with Crippen LogP contribution in [-0.4, -0.2) is 6.29 Å². The van der Waals surface area contributed by atoms with Gasteiger partial charge < -0.3 is 0 Å². The van der Waals surface area contributed by atoms with Crippen molar-refractivity contribution in [2.45, 2.75) is 6.92 Å². The fourth-order valence-corrected chi connectivity index (χ4v) is 1.42. The van der Waals surface area contributed by atoms with Crippen LogP contribution in [0.4, 0.5) is 0 Å². The van der Waals surface area contributed by atoms with Crippen molar-refractivity contribution in [3.8, 4) is 11.8 Å². The van der Waals surface area contributed by atoms with Gasteiger partial charge in [-0.15, -0.1) is 0 Å². The van der Waals surface area contributed by atoms with Crippen molar-refractivity contribution in [1.82, 2.24) is 0 Å². The number of aldehydes is 1. The molecule has 2 heteroatoms. The molecule has 0 saturated carbocycles. The second-order valence-corrected chi connectivity index (χ2v) is 3.22. The largest absolute Gasteiger partial charge is 0.289 e. The van der Waals surface area contributed by atoms with Crippen LogP contribution in [0.3, 0.4) is 0 Å². The fraction of sp³-hybridized carbons (Fsp3) is 0.100. The van der Waals surface area contributed by atoms with Crippen LogP contribution in [0.25, 0.3) is 0 Å². The molecule has 1 aromatic rings. The maximum atomic E-state index is 9.97. The van der Waals surface area contributed by atoms with Crippen molar-refractivity contribution in [2.24, 2.45) is 0 Å². The number of aryl methyl sites for hydroxylation is 1. The molecule has 60 valence electrons. The van der Waals surface area contributed by atoms with Crippen LogP contribution in [0.2, 0.25) is 0 Å². The van der Waals surface area contributed by atoms with E-state index in [0.717, 1.165) is 10.0 Å². The van der Waals surface area contributed by atoms with Crippen molar-refractivity contribution < 1.29 is 4.79 Å². The lowest BCUT2D eigenvalue weighted by atomic mass is 10.2. The van der Waals surface area contributed by atoms with E-state index < -0.39 is 0 Å². The Morgan fingerprint density at radius 2 is 2.25 bits per heavy atom. The van der Waals surface area contributed by atoms with Crippen LogP contribution < -0.4 is 0 Å². The lowest BCUT2D eigenvalue weighted by Crippen LogP contribution is -1.79. The summed E-state index contributed by atoms with van der Waals surface area (Å²) < 4.78 is 0.928. The third-order valence-electron chi connectivity index (χ3n) is 1.39. The number of benzene rings is 1. The normalized spacial score (nSPS) is 8.50. The third-order valence-corrected chi connectivity index (χ3v) is 2.05. The first-order valence-corrected chi connectivity index (χ1v) is 4.24. The van der Waals surface area contributed by atoms with Gasteiger partial charge in [-0.25, -0.2) is 0 Å². The zero-order valence-corrected chi connectivity index (χ0v) is 8.18. The maximum Gasteiger partial charge on any atom is 0.193 e. The molecule has 0 saturated heterocycles. The molecule has 1 aromatic carbocycles. The van der Waals surface area contributed by atoms with E-state index >= 15 is 0 Å². The molecule has 0 unspecified atom stereocenters. The summed E-state index contributed by atoms with van der Waals surface area (Å²) >= 11 is 3.36. The van der Waals surface area contributed by atoms with Crippen molar-refractivity contribution in [1.29, 1.82) is 0 Å². The molecule has 0 heterocycles. The predicted molar refractivity (Wildman–Crippen MR) is 51.8 cm³/mol. The van der Waals surface area contributed by atoms with E-state index in [0.29, 0.717) is 6.29 Å². The monoisotopic (exact) mass is 222 g/mol. The van der Waals surface area contributed by atoms with Crippen molar-refractivity contribution in [2.75, 3.05) is 0 Å². The van der Waals surface area contributed by atoms with Gasteiger partial charge in [0.25, 0.3) is 0 Å². The average Bonchev–Trinajstić information content (AvgIpc) is 2.03. The Kier molecular flexibility index (Phi) is 3.07. The molecule has 0 aliphatic rings. The zero-order valence-electron chi connectivity index (χ0n) is 6.60. The smallest absolute Gasteiger partial charge is 0.193 e. The molecular weight excluding hydrogens is 216 g/mol. The van der Waals surface area contributed by atoms with E-state index in [1.54, 1.807) is 0 Å². The molecule has 0 radical (unpaired) electrons. The summed E-state index contributed by atoms with van der Waals surface area (Å²) in [6, 6.07) is 5.81. The van der Waals surface area contributed by atoms with Crippen LogP contribution in [0.5, 0.6) is 0 Å². The Labute approximate surface area is 79.9 Å². The third kappa shape index (κ3) is 2.21. The van der Waals surface area contributed by atoms with Gasteiger partial charge in [0.05, 0.1) is 0 Å². The molecule has 0 aliphatic heterocycles. The lowest BCUT2D eigenvalue weighted by molar-refractivity contribution is -0.103. The van der Waals surface area contributed by atoms with E-state index in [-0.39, 0.29) is 0 Å². The standard InChI is InChI=1S/C10H7BrO/c1-8-4-5-9(3-2-6-12)10(11)7-8/h4-7H,1H3. The minimum atomic E-state index is 0.590. The van der Waals surface area contributed by atoms with Crippen LogP contribution in [-0.2, 0) is 4.79 Å². The van der Waals surface area contributed by atoms with Gasteiger partial charge in [-0.05, 0) is 46.5 Å². The number of hydrogen-bond donors (Lipinski definition) is 0. The fourth-order valence-electron chi connectivity index (χ4n) is 0.829. The molecule has 12 heavy (non-hydrogen) atoms. The Bertz CT molecular complexity index is 358. The lowest BCUT2D eigenvalue weighted by Gasteiger charge is -1.96. The molecule has 0 atom stereocenters. The number of carbonyl (C=O) groups excluding carboxylic acids is 1. The van der Waals surface area contributed by atoms with Gasteiger partial charge in [0.15, 0.2) is 6.29 Å². The van der Waals surface area contributed by atoms with Gasteiger partial charge in [-0.1, -0.05) is 12.0 Å². The highest BCUT2D eigenvalue weighted by Gasteiger charge is 1.94. The molecule has 0 spiro atoms. The topological polar surface area (TPSA) is 17.1 Å². The van der Waals surface area contributed by atoms with Gasteiger partial charge in [0.1, 0.15) is 0 Å². The number of carbonyl (C=O) groups is 1. The quantitative estimate of drug-likeness (QED) is 0.487. The first-order valence-electron chi connectivity index (χ1n) is 3.45. The van der Waals surface area contributed by atoms with Crippen LogP contribution >= 0.6 is 15.9 Å². The van der Waals surface area contributed by atoms with Gasteiger partial charge in [-0.3, -0.25) is 4.79 Å². The average molecular weight is 223 g/mol. The summed E-state index contributed by atoms with van der Waals surface area (Å²) in [7, 11) is 0. The molecule has 0 N–H and O–H groups in total. The summed E-state index contributed by atoms with van der Waals surface area (Å²) in [5.41, 5.74) is 2.01. The van der Waals surface area contributed by atoms with E-state index in [4.69, 9.17) is 0 Å². The summed E-state index contributed by atoms with van der Waals surface area (Å²) in [5, 5.41) is 0. The van der Waals surface area contributed by atoms with Gasteiger partial charge in [0, 0.05) is 10.0 Å². The van der Waals surface area contributed by atoms with E-state index in [1.807, 2.05) is 25.1 Å². The number of rotatable bonds is 0. The molecule has 1 rings (SSSR count). The van der Waals surface area contributed by atoms with Crippen molar-refractivity contribution >= 4 is 22.2 Å². The molecule has 0 amide bonds. The first-order chi connectivity index (χ1) is 5.74. The predicted octanol–water partition coefficient (Wildman–Crippen LogP) is 2.31. The second kappa shape index (κ2) is 4.08. The summed E-state index contributed by atoms with van der Waals surface area (Å²) in [6.45, 7) is 2.00. The summed E-state index contributed by atoms with van der Waals surface area (Å²) in [4.78, 5) is 9.97. The van der Waals surface area contributed by atoms with Crippen molar-refractivity contribution in [3.63, 3.8) is 0 Å². The van der Waals surface area contributed by atoms with Crippen molar-refractivity contribution in [3.05, 3.63) is 33.8 Å². The Morgan fingerprint density at radius 1 is 1.50 bits per heavy atom. The minimum Gasteiger partial charge on any atom is -0.289 e. The Morgan fingerprint density at radius 3 is 2.83 bits per heavy atom. The first kappa shape index (κ1) is 9.02. The SMILES string of the molecule is Cc1ccc(C#CC=O)c(Br)c1. The van der Waals surface area contributed by atoms with Gasteiger partial charge >= 0.3 is 0 Å². The highest BCUT2D eigenvalue weighted by atomic mass is 79.9. The van der Waals surface area contributed by atoms with E-state index in [1.165, 1.54) is 5.56 Å². The number of hydrogen-bond acceptors (Lipinski definition) is 1. The van der Waals surface area contributed by atoms with Gasteiger partial charge in [-0.2, -0.15) is 0 Å². The highest BCUT2D eigenvalue weighted by Crippen LogP contribution is 2.16. The number of halogens is 1. The second-order valence-electron chi connectivity index (χ2n) is 2.37. The van der Waals surface area contributed by atoms with Crippen LogP contribution in [0.15, 0.2) is 22.7 Å². The molecule has 0 fully saturated rings. The highest BCUT2D eigenvalue weighted by molar-refractivity contribution is 9.10. The zero-order chi connectivity index (χ0) is 8.97. The molecular formula is C10H7BrO. The summed E-state index contributed by atoms with van der Waals surface area (Å²) in [5.74, 6) is 5.09. The molecule has 1 nitrogen and oxygen atoms in total.